The third kappa shape index (κ3) is 3.39. The molecule has 1 amide bonds. The second-order valence-electron chi connectivity index (χ2n) is 7.76. The van der Waals surface area contributed by atoms with Gasteiger partial charge in [0, 0.05) is 15.2 Å². The van der Waals surface area contributed by atoms with Crippen LogP contribution in [0.1, 0.15) is 33.3 Å². The Kier molecular flexibility index (Phi) is 5.18. The number of benzene rings is 3. The van der Waals surface area contributed by atoms with Crippen molar-refractivity contribution in [3.05, 3.63) is 96.8 Å². The summed E-state index contributed by atoms with van der Waals surface area (Å²) in [5.41, 5.74) is 2.19. The van der Waals surface area contributed by atoms with Crippen LogP contribution in [-0.2, 0) is 0 Å². The fourth-order valence-electron chi connectivity index (χ4n) is 4.12. The van der Waals surface area contributed by atoms with Gasteiger partial charge in [-0.3, -0.25) is 14.5 Å². The van der Waals surface area contributed by atoms with Gasteiger partial charge in [-0.15, -0.1) is 0 Å². The van der Waals surface area contributed by atoms with Crippen LogP contribution in [0.5, 0.6) is 11.5 Å². The molecule has 2 heterocycles. The first-order valence-electron chi connectivity index (χ1n) is 10.0. The molecule has 8 heteroatoms. The van der Waals surface area contributed by atoms with Gasteiger partial charge in [0.1, 0.15) is 5.58 Å². The molecular formula is C25H17BrClNO5. The quantitative estimate of drug-likeness (QED) is 0.355. The van der Waals surface area contributed by atoms with Gasteiger partial charge >= 0.3 is 0 Å². The van der Waals surface area contributed by atoms with Crippen LogP contribution < -0.4 is 15.1 Å². The molecule has 1 N–H and O–H groups in total. The normalized spacial score (nSPS) is 15.2. The molecule has 3 aromatic carbocycles. The molecule has 1 aliphatic heterocycles. The summed E-state index contributed by atoms with van der Waals surface area (Å²) in [4.78, 5) is 28.8. The van der Waals surface area contributed by atoms with Gasteiger partial charge in [-0.25, -0.2) is 0 Å². The molecular weight excluding hydrogens is 510 g/mol. The summed E-state index contributed by atoms with van der Waals surface area (Å²) in [6.07, 6.45) is 0. The van der Waals surface area contributed by atoms with E-state index >= 15 is 0 Å². The van der Waals surface area contributed by atoms with E-state index in [9.17, 15) is 14.7 Å². The van der Waals surface area contributed by atoms with Crippen LogP contribution in [-0.4, -0.2) is 18.1 Å². The SMILES string of the molecule is COc1cc(C2c3c(oc4ccc(Br)cc4c3=O)C(=O)N2c2ccc(C)c(Cl)c2)ccc1O. The molecule has 0 bridgehead atoms. The summed E-state index contributed by atoms with van der Waals surface area (Å²) in [6, 6.07) is 14.3. The van der Waals surface area contributed by atoms with E-state index in [0.29, 0.717) is 27.2 Å². The Bertz CT molecular complexity index is 1510. The summed E-state index contributed by atoms with van der Waals surface area (Å²) in [6.45, 7) is 1.87. The second kappa shape index (κ2) is 7.93. The first-order chi connectivity index (χ1) is 15.8. The van der Waals surface area contributed by atoms with Crippen LogP contribution in [0.3, 0.4) is 0 Å². The Balaban J connectivity index is 1.83. The highest BCUT2D eigenvalue weighted by molar-refractivity contribution is 9.10. The van der Waals surface area contributed by atoms with E-state index in [1.165, 1.54) is 18.1 Å². The number of phenolic OH excluding ortho intramolecular Hbond substituents is 1. The van der Waals surface area contributed by atoms with Crippen LogP contribution >= 0.6 is 27.5 Å². The number of fused-ring (bicyclic) bond motifs is 2. The van der Waals surface area contributed by atoms with Gasteiger partial charge in [0.2, 0.25) is 5.76 Å². The van der Waals surface area contributed by atoms with E-state index in [1.807, 2.05) is 13.0 Å². The fraction of sp³-hybridized carbons (Fsp3) is 0.120. The number of hydrogen-bond donors (Lipinski definition) is 1. The van der Waals surface area contributed by atoms with Gasteiger partial charge in [-0.1, -0.05) is 39.7 Å². The number of methoxy groups -OCH3 is 1. The van der Waals surface area contributed by atoms with Gasteiger partial charge in [0.25, 0.3) is 5.91 Å². The van der Waals surface area contributed by atoms with E-state index in [-0.39, 0.29) is 28.3 Å². The molecule has 0 aliphatic carbocycles. The first-order valence-corrected chi connectivity index (χ1v) is 11.2. The standard InChI is InChI=1S/C25H17BrClNO5/c1-12-3-6-15(11-17(12)27)28-22(13-4-7-18(29)20(9-13)32-2)21-23(30)16-10-14(26)5-8-19(16)33-24(21)25(28)31/h3-11,22,29H,1-2H3. The van der Waals surface area contributed by atoms with Crippen molar-refractivity contribution < 1.29 is 19.1 Å². The Morgan fingerprint density at radius 3 is 2.61 bits per heavy atom. The number of aromatic hydroxyl groups is 1. The molecule has 0 spiro atoms. The van der Waals surface area contributed by atoms with Crippen molar-refractivity contribution in [2.45, 2.75) is 13.0 Å². The van der Waals surface area contributed by atoms with E-state index in [1.54, 1.807) is 42.5 Å². The smallest absolute Gasteiger partial charge is 0.295 e. The lowest BCUT2D eigenvalue weighted by molar-refractivity contribution is 0.0971. The van der Waals surface area contributed by atoms with Crippen LogP contribution in [0, 0.1) is 6.92 Å². The van der Waals surface area contributed by atoms with Crippen LogP contribution in [0.15, 0.2) is 68.3 Å². The minimum atomic E-state index is -0.805. The second-order valence-corrected chi connectivity index (χ2v) is 9.08. The predicted octanol–water partition coefficient (Wildman–Crippen LogP) is 5.98. The van der Waals surface area contributed by atoms with Crippen molar-refractivity contribution in [3.63, 3.8) is 0 Å². The summed E-state index contributed by atoms with van der Waals surface area (Å²) < 4.78 is 12.0. The lowest BCUT2D eigenvalue weighted by Gasteiger charge is -2.26. The fourth-order valence-corrected chi connectivity index (χ4v) is 4.66. The van der Waals surface area contributed by atoms with E-state index in [4.69, 9.17) is 20.8 Å². The van der Waals surface area contributed by atoms with Crippen molar-refractivity contribution in [2.24, 2.45) is 0 Å². The number of halogens is 2. The highest BCUT2D eigenvalue weighted by Gasteiger charge is 2.44. The molecule has 166 valence electrons. The Morgan fingerprint density at radius 2 is 1.88 bits per heavy atom. The Labute approximate surface area is 202 Å². The van der Waals surface area contributed by atoms with Crippen LogP contribution in [0.25, 0.3) is 11.0 Å². The topological polar surface area (TPSA) is 80.0 Å². The Hall–Kier alpha value is -3.29. The number of hydrogen-bond acceptors (Lipinski definition) is 5. The molecule has 0 saturated heterocycles. The summed E-state index contributed by atoms with van der Waals surface area (Å²) in [5.74, 6) is -0.305. The maximum absolute atomic E-state index is 13.7. The highest BCUT2D eigenvalue weighted by atomic mass is 79.9. The molecule has 4 aromatic rings. The van der Waals surface area contributed by atoms with Crippen LogP contribution in [0.2, 0.25) is 5.02 Å². The van der Waals surface area contributed by atoms with E-state index in [2.05, 4.69) is 15.9 Å². The third-order valence-corrected chi connectivity index (χ3v) is 6.69. The third-order valence-electron chi connectivity index (χ3n) is 5.79. The molecule has 0 saturated carbocycles. The minimum Gasteiger partial charge on any atom is -0.504 e. The van der Waals surface area contributed by atoms with Gasteiger partial charge in [0.05, 0.1) is 24.1 Å². The number of anilines is 1. The largest absolute Gasteiger partial charge is 0.504 e. The molecule has 33 heavy (non-hydrogen) atoms. The average Bonchev–Trinajstić information content (AvgIpc) is 3.09. The molecule has 0 radical (unpaired) electrons. The number of ether oxygens (including phenoxy) is 1. The number of amides is 1. The zero-order valence-electron chi connectivity index (χ0n) is 17.6. The minimum absolute atomic E-state index is 0.0245. The molecule has 5 rings (SSSR count). The van der Waals surface area contributed by atoms with Gasteiger partial charge in [0.15, 0.2) is 16.9 Å². The maximum atomic E-state index is 13.7. The lowest BCUT2D eigenvalue weighted by atomic mass is 9.97. The van der Waals surface area contributed by atoms with Crippen molar-refractivity contribution in [1.82, 2.24) is 0 Å². The summed E-state index contributed by atoms with van der Waals surface area (Å²) in [5, 5.41) is 10.9. The van der Waals surface area contributed by atoms with E-state index < -0.39 is 11.9 Å². The zero-order valence-corrected chi connectivity index (χ0v) is 19.9. The van der Waals surface area contributed by atoms with Gasteiger partial charge in [-0.2, -0.15) is 0 Å². The summed E-state index contributed by atoms with van der Waals surface area (Å²) >= 11 is 9.76. The number of phenols is 1. The first kappa shape index (κ1) is 21.6. The number of aryl methyl sites for hydroxylation is 1. The summed E-state index contributed by atoms with van der Waals surface area (Å²) in [7, 11) is 1.43. The maximum Gasteiger partial charge on any atom is 0.295 e. The van der Waals surface area contributed by atoms with Crippen molar-refractivity contribution >= 4 is 50.1 Å². The Morgan fingerprint density at radius 1 is 1.09 bits per heavy atom. The van der Waals surface area contributed by atoms with Crippen molar-refractivity contribution in [1.29, 1.82) is 0 Å². The lowest BCUT2D eigenvalue weighted by Crippen LogP contribution is -2.29. The van der Waals surface area contributed by atoms with E-state index in [0.717, 1.165) is 10.0 Å². The zero-order chi connectivity index (χ0) is 23.4. The number of rotatable bonds is 3. The molecule has 0 fully saturated rings. The number of nitrogens with zero attached hydrogens (tertiary/aromatic N) is 1. The van der Waals surface area contributed by atoms with Gasteiger partial charge < -0.3 is 14.3 Å². The van der Waals surface area contributed by atoms with Crippen LogP contribution in [0.4, 0.5) is 5.69 Å². The average molecular weight is 527 g/mol. The number of carbonyl (C=O) groups is 1. The van der Waals surface area contributed by atoms with Crippen molar-refractivity contribution in [2.75, 3.05) is 12.0 Å². The predicted molar refractivity (Wildman–Crippen MR) is 130 cm³/mol. The molecule has 6 nitrogen and oxygen atoms in total. The molecule has 1 unspecified atom stereocenters. The highest BCUT2D eigenvalue weighted by Crippen LogP contribution is 2.43. The molecule has 1 atom stereocenters. The molecule has 1 aromatic heterocycles. The van der Waals surface area contributed by atoms with Gasteiger partial charge in [-0.05, 0) is 60.5 Å². The monoisotopic (exact) mass is 525 g/mol. The van der Waals surface area contributed by atoms with Crippen molar-refractivity contribution in [3.8, 4) is 11.5 Å². The number of carbonyl (C=O) groups excluding carboxylic acids is 1. The molecule has 1 aliphatic rings.